The predicted molar refractivity (Wildman–Crippen MR) is 99.1 cm³/mol. The number of piperazine rings is 1. The number of anilines is 2. The summed E-state index contributed by atoms with van der Waals surface area (Å²) in [5.74, 6) is -0.216. The molecule has 1 fully saturated rings. The minimum atomic E-state index is -0.367. The van der Waals surface area contributed by atoms with Gasteiger partial charge in [-0.2, -0.15) is 0 Å². The van der Waals surface area contributed by atoms with Gasteiger partial charge in [-0.3, -0.25) is 19.8 Å². The summed E-state index contributed by atoms with van der Waals surface area (Å²) in [7, 11) is 1.58. The molecule has 3 rings (SSSR count). The van der Waals surface area contributed by atoms with Crippen molar-refractivity contribution in [2.24, 2.45) is 0 Å². The Balaban J connectivity index is 1.57. The van der Waals surface area contributed by atoms with Crippen molar-refractivity contribution in [1.82, 2.24) is 15.1 Å². The number of hydrogen-bond acceptors (Lipinski definition) is 7. The second-order valence-electron chi connectivity index (χ2n) is 5.95. The van der Waals surface area contributed by atoms with Gasteiger partial charge in [0.1, 0.15) is 11.6 Å². The maximum Gasteiger partial charge on any atom is 0.244 e. The van der Waals surface area contributed by atoms with Gasteiger partial charge in [-0.25, -0.2) is 0 Å². The Morgan fingerprint density at radius 2 is 2.08 bits per heavy atom. The van der Waals surface area contributed by atoms with Crippen molar-refractivity contribution in [2.75, 3.05) is 37.0 Å². The average Bonchev–Trinajstić information content (AvgIpc) is 3.07. The summed E-state index contributed by atoms with van der Waals surface area (Å²) in [6.45, 7) is 3.50. The number of rotatable bonds is 6. The van der Waals surface area contributed by atoms with E-state index >= 15 is 0 Å². The van der Waals surface area contributed by atoms with E-state index in [-0.39, 0.29) is 24.4 Å². The molecule has 2 aromatic rings. The molecule has 1 aliphatic rings. The van der Waals surface area contributed by atoms with Crippen LogP contribution in [0.2, 0.25) is 0 Å². The molecule has 0 spiro atoms. The Morgan fingerprint density at radius 1 is 1.31 bits per heavy atom. The van der Waals surface area contributed by atoms with E-state index in [0.29, 0.717) is 29.8 Å². The zero-order valence-electron chi connectivity index (χ0n) is 14.7. The first-order chi connectivity index (χ1) is 12.6. The van der Waals surface area contributed by atoms with Crippen LogP contribution in [0.5, 0.6) is 0 Å². The number of ether oxygens (including phenoxy) is 1. The maximum absolute atomic E-state index is 12.7. The number of benzene rings is 1. The lowest BCUT2D eigenvalue weighted by atomic mass is 10.1. The van der Waals surface area contributed by atoms with Crippen LogP contribution < -0.4 is 10.2 Å². The molecule has 138 valence electrons. The van der Waals surface area contributed by atoms with Crippen molar-refractivity contribution in [3.8, 4) is 0 Å². The van der Waals surface area contributed by atoms with E-state index in [2.05, 4.69) is 15.5 Å². The van der Waals surface area contributed by atoms with E-state index in [9.17, 15) is 9.59 Å². The zero-order chi connectivity index (χ0) is 18.5. The van der Waals surface area contributed by atoms with E-state index in [4.69, 9.17) is 4.74 Å². The van der Waals surface area contributed by atoms with E-state index in [1.54, 1.807) is 12.0 Å². The highest BCUT2D eigenvalue weighted by atomic mass is 32.1. The molecule has 1 saturated heterocycles. The minimum absolute atomic E-state index is 0.00598. The minimum Gasteiger partial charge on any atom is -0.377 e. The normalized spacial score (nSPS) is 18.2. The maximum atomic E-state index is 12.7. The van der Waals surface area contributed by atoms with Gasteiger partial charge in [-0.1, -0.05) is 29.5 Å². The number of hydrogen-bond donors (Lipinski definition) is 1. The highest BCUT2D eigenvalue weighted by Gasteiger charge is 2.33. The van der Waals surface area contributed by atoms with Crippen LogP contribution in [0.15, 0.2) is 30.3 Å². The van der Waals surface area contributed by atoms with Crippen LogP contribution in [0.1, 0.15) is 11.9 Å². The fourth-order valence-corrected chi connectivity index (χ4v) is 3.55. The van der Waals surface area contributed by atoms with Crippen LogP contribution in [0.25, 0.3) is 0 Å². The second kappa shape index (κ2) is 8.35. The first kappa shape index (κ1) is 18.4. The van der Waals surface area contributed by atoms with Gasteiger partial charge in [-0.15, -0.1) is 10.2 Å². The van der Waals surface area contributed by atoms with Crippen LogP contribution in [-0.2, 0) is 20.9 Å². The molecule has 26 heavy (non-hydrogen) atoms. The molecule has 9 heteroatoms. The van der Waals surface area contributed by atoms with Gasteiger partial charge >= 0.3 is 0 Å². The summed E-state index contributed by atoms with van der Waals surface area (Å²) in [5, 5.41) is 11.7. The molecule has 2 heterocycles. The number of nitrogens with one attached hydrogen (secondary N) is 1. The summed E-state index contributed by atoms with van der Waals surface area (Å²) in [6, 6.07) is 9.21. The largest absolute Gasteiger partial charge is 0.377 e. The molecule has 2 amide bonds. The zero-order valence-corrected chi connectivity index (χ0v) is 15.5. The SMILES string of the molecule is COCc1nnc(NC(=O)CN2CCN(c3ccccc3)C(=O)C2C)s1. The molecule has 0 aliphatic carbocycles. The first-order valence-electron chi connectivity index (χ1n) is 8.30. The third kappa shape index (κ3) is 4.24. The number of aromatic nitrogens is 2. The standard InChI is InChI=1S/C17H21N5O3S/c1-12-16(24)22(13-6-4-3-5-7-13)9-8-21(12)10-14(23)18-17-20-19-15(26-17)11-25-2/h3-7,12H,8-11H2,1-2H3,(H,18,20,23). The summed E-state index contributed by atoms with van der Waals surface area (Å²) in [4.78, 5) is 28.6. The first-order valence-corrected chi connectivity index (χ1v) is 9.12. The van der Waals surface area contributed by atoms with Crippen molar-refractivity contribution < 1.29 is 14.3 Å². The lowest BCUT2D eigenvalue weighted by molar-refractivity contribution is -0.127. The van der Waals surface area contributed by atoms with Crippen LogP contribution in [-0.4, -0.2) is 59.7 Å². The fraction of sp³-hybridized carbons (Fsp3) is 0.412. The molecular weight excluding hydrogens is 354 g/mol. The number of carbonyl (C=O) groups is 2. The van der Waals surface area contributed by atoms with E-state index in [0.717, 1.165) is 5.69 Å². The summed E-state index contributed by atoms with van der Waals surface area (Å²) >= 11 is 1.27. The molecule has 1 aliphatic heterocycles. The second-order valence-corrected chi connectivity index (χ2v) is 7.02. The highest BCUT2D eigenvalue weighted by molar-refractivity contribution is 7.15. The molecule has 1 unspecified atom stereocenters. The lowest BCUT2D eigenvalue weighted by Gasteiger charge is -2.38. The van der Waals surface area contributed by atoms with Gasteiger partial charge in [0.15, 0.2) is 0 Å². The molecule has 8 nitrogen and oxygen atoms in total. The molecule has 0 bridgehead atoms. The Hall–Kier alpha value is -2.36. The monoisotopic (exact) mass is 375 g/mol. The van der Waals surface area contributed by atoms with Gasteiger partial charge in [0, 0.05) is 25.9 Å². The molecule has 0 radical (unpaired) electrons. The van der Waals surface area contributed by atoms with Crippen LogP contribution in [0, 0.1) is 0 Å². The molecule has 1 atom stereocenters. The van der Waals surface area contributed by atoms with E-state index < -0.39 is 0 Å². The molecule has 1 N–H and O–H groups in total. The predicted octanol–water partition coefficient (Wildman–Crippen LogP) is 1.36. The summed E-state index contributed by atoms with van der Waals surface area (Å²) in [6.07, 6.45) is 0. The Bertz CT molecular complexity index is 767. The number of methoxy groups -OCH3 is 1. The van der Waals surface area contributed by atoms with Crippen molar-refractivity contribution >= 4 is 34.0 Å². The molecular formula is C17H21N5O3S. The van der Waals surface area contributed by atoms with Gasteiger partial charge in [0.2, 0.25) is 16.9 Å². The third-order valence-corrected chi connectivity index (χ3v) is 4.99. The van der Waals surface area contributed by atoms with Crippen LogP contribution >= 0.6 is 11.3 Å². The Labute approximate surface area is 155 Å². The number of para-hydroxylation sites is 1. The van der Waals surface area contributed by atoms with Crippen LogP contribution in [0.3, 0.4) is 0 Å². The lowest BCUT2D eigenvalue weighted by Crippen LogP contribution is -2.57. The highest BCUT2D eigenvalue weighted by Crippen LogP contribution is 2.20. The number of carbonyl (C=O) groups excluding carboxylic acids is 2. The van der Waals surface area contributed by atoms with Gasteiger partial charge < -0.3 is 9.64 Å². The van der Waals surface area contributed by atoms with Crippen molar-refractivity contribution in [3.05, 3.63) is 35.3 Å². The van der Waals surface area contributed by atoms with Crippen molar-refractivity contribution in [2.45, 2.75) is 19.6 Å². The Morgan fingerprint density at radius 3 is 2.81 bits per heavy atom. The van der Waals surface area contributed by atoms with Crippen molar-refractivity contribution in [3.63, 3.8) is 0 Å². The molecule has 1 aromatic heterocycles. The number of amides is 2. The van der Waals surface area contributed by atoms with E-state index in [1.165, 1.54) is 11.3 Å². The smallest absolute Gasteiger partial charge is 0.244 e. The summed E-state index contributed by atoms with van der Waals surface area (Å²) < 4.78 is 4.98. The molecule has 0 saturated carbocycles. The average molecular weight is 375 g/mol. The quantitative estimate of drug-likeness (QED) is 0.820. The number of nitrogens with zero attached hydrogens (tertiary/aromatic N) is 4. The van der Waals surface area contributed by atoms with Gasteiger partial charge in [-0.05, 0) is 19.1 Å². The Kier molecular flexibility index (Phi) is 5.92. The van der Waals surface area contributed by atoms with E-state index in [1.807, 2.05) is 42.2 Å². The summed E-state index contributed by atoms with van der Waals surface area (Å²) in [5.41, 5.74) is 0.882. The molecule has 1 aromatic carbocycles. The van der Waals surface area contributed by atoms with Crippen LogP contribution in [0.4, 0.5) is 10.8 Å². The topological polar surface area (TPSA) is 87.7 Å². The van der Waals surface area contributed by atoms with Gasteiger partial charge in [0.05, 0.1) is 12.6 Å². The third-order valence-electron chi connectivity index (χ3n) is 4.18. The van der Waals surface area contributed by atoms with Gasteiger partial charge in [0.25, 0.3) is 0 Å². The van der Waals surface area contributed by atoms with Crippen molar-refractivity contribution in [1.29, 1.82) is 0 Å². The fourth-order valence-electron chi connectivity index (χ4n) is 2.82.